The lowest BCUT2D eigenvalue weighted by Crippen LogP contribution is -2.56. The molecule has 7 atom stereocenters. The van der Waals surface area contributed by atoms with Crippen molar-refractivity contribution >= 4 is 29.7 Å². The number of hydrogen-bond acceptors (Lipinski definition) is 5. The molecule has 5 rings (SSSR count). The van der Waals surface area contributed by atoms with E-state index in [4.69, 9.17) is 4.84 Å². The number of nitrogens with zero attached hydrogens (tertiary/aromatic N) is 1. The van der Waals surface area contributed by atoms with Crippen LogP contribution in [0, 0.1) is 34.5 Å². The lowest BCUT2D eigenvalue weighted by atomic mass is 9.45. The van der Waals surface area contributed by atoms with E-state index in [-0.39, 0.29) is 35.3 Å². The van der Waals surface area contributed by atoms with Crippen LogP contribution in [0.4, 0.5) is 0 Å². The highest BCUT2D eigenvalue weighted by atomic mass is 35.5. The molecule has 1 saturated heterocycles. The van der Waals surface area contributed by atoms with Crippen molar-refractivity contribution in [2.75, 3.05) is 13.1 Å². The minimum absolute atomic E-state index is 0. The molecule has 5 aliphatic rings. The number of rotatable bonds is 2. The van der Waals surface area contributed by atoms with E-state index in [0.717, 1.165) is 70.2 Å². The first-order valence-electron chi connectivity index (χ1n) is 11.4. The third kappa shape index (κ3) is 3.27. The Labute approximate surface area is 180 Å². The third-order valence-electron chi connectivity index (χ3n) is 9.35. The van der Waals surface area contributed by atoms with Crippen LogP contribution in [0.2, 0.25) is 0 Å². The molecule has 5 nitrogen and oxygen atoms in total. The van der Waals surface area contributed by atoms with Gasteiger partial charge in [0.1, 0.15) is 17.7 Å². The van der Waals surface area contributed by atoms with Crippen molar-refractivity contribution in [2.45, 2.75) is 77.7 Å². The van der Waals surface area contributed by atoms with Crippen LogP contribution >= 0.6 is 12.4 Å². The summed E-state index contributed by atoms with van der Waals surface area (Å²) in [5.74, 6) is 2.38. The summed E-state index contributed by atoms with van der Waals surface area (Å²) in [5.41, 5.74) is 0.994. The second-order valence-corrected chi connectivity index (χ2v) is 10.6. The van der Waals surface area contributed by atoms with Crippen molar-refractivity contribution in [3.05, 3.63) is 0 Å². The van der Waals surface area contributed by atoms with Gasteiger partial charge in [-0.25, -0.2) is 0 Å². The molecule has 29 heavy (non-hydrogen) atoms. The number of Topliss-reactive ketones (excluding diaryl/α,β-unsaturated/α-hetero) is 2. The van der Waals surface area contributed by atoms with Crippen LogP contribution in [-0.4, -0.2) is 36.5 Å². The molecule has 0 unspecified atom stereocenters. The van der Waals surface area contributed by atoms with E-state index in [9.17, 15) is 9.59 Å². The maximum atomic E-state index is 13.3. The molecule has 0 aromatic carbocycles. The molecule has 0 bridgehead atoms. The summed E-state index contributed by atoms with van der Waals surface area (Å²) in [6.07, 6.45) is 8.50. The molecule has 1 heterocycles. The summed E-state index contributed by atoms with van der Waals surface area (Å²) >= 11 is 0. The number of carbonyl (C=O) groups is 2. The molecule has 4 saturated carbocycles. The summed E-state index contributed by atoms with van der Waals surface area (Å²) in [7, 11) is 0. The van der Waals surface area contributed by atoms with Gasteiger partial charge < -0.3 is 10.2 Å². The van der Waals surface area contributed by atoms with Crippen molar-refractivity contribution in [1.29, 1.82) is 0 Å². The first kappa shape index (κ1) is 21.3. The van der Waals surface area contributed by atoms with Crippen LogP contribution in [-0.2, 0) is 14.4 Å². The zero-order valence-electron chi connectivity index (χ0n) is 17.7. The van der Waals surface area contributed by atoms with Crippen molar-refractivity contribution < 1.29 is 14.4 Å². The van der Waals surface area contributed by atoms with E-state index < -0.39 is 0 Å². The van der Waals surface area contributed by atoms with Crippen molar-refractivity contribution in [3.8, 4) is 0 Å². The van der Waals surface area contributed by atoms with Gasteiger partial charge in [-0.3, -0.25) is 9.59 Å². The average Bonchev–Trinajstić information content (AvgIpc) is 3.29. The SMILES string of the molecule is C[C@]12CCC(=NO[C@H]3CCNC3)C[C@@H]1C(=O)C[C@@H]1[C@@H]2CC[C@]2(C)C(=O)CC[C@@H]12.Cl. The van der Waals surface area contributed by atoms with Gasteiger partial charge in [-0.05, 0) is 68.2 Å². The number of halogens is 1. The minimum atomic E-state index is -0.158. The number of oxime groups is 1. The van der Waals surface area contributed by atoms with Gasteiger partial charge in [-0.1, -0.05) is 19.0 Å². The van der Waals surface area contributed by atoms with Crippen LogP contribution in [0.15, 0.2) is 5.16 Å². The molecule has 0 spiro atoms. The molecular weight excluding hydrogens is 388 g/mol. The number of hydrogen-bond donors (Lipinski definition) is 1. The third-order valence-corrected chi connectivity index (χ3v) is 9.35. The molecule has 1 aliphatic heterocycles. The van der Waals surface area contributed by atoms with Gasteiger partial charge >= 0.3 is 0 Å². The van der Waals surface area contributed by atoms with Crippen molar-refractivity contribution in [3.63, 3.8) is 0 Å². The Morgan fingerprint density at radius 3 is 2.62 bits per heavy atom. The van der Waals surface area contributed by atoms with Crippen LogP contribution in [0.1, 0.15) is 71.6 Å². The highest BCUT2D eigenvalue weighted by Gasteiger charge is 2.62. The Morgan fingerprint density at radius 2 is 1.86 bits per heavy atom. The van der Waals surface area contributed by atoms with Gasteiger partial charge in [0.2, 0.25) is 0 Å². The van der Waals surface area contributed by atoms with E-state index in [1.807, 2.05) is 0 Å². The predicted molar refractivity (Wildman–Crippen MR) is 114 cm³/mol. The lowest BCUT2D eigenvalue weighted by molar-refractivity contribution is -0.152. The molecule has 0 aromatic heterocycles. The van der Waals surface area contributed by atoms with Gasteiger partial charge in [0, 0.05) is 37.1 Å². The molecule has 0 amide bonds. The zero-order chi connectivity index (χ0) is 19.5. The molecule has 5 fully saturated rings. The fourth-order valence-electron chi connectivity index (χ4n) is 7.57. The van der Waals surface area contributed by atoms with E-state index in [0.29, 0.717) is 35.7 Å². The maximum Gasteiger partial charge on any atom is 0.141 e. The molecule has 0 radical (unpaired) electrons. The van der Waals surface area contributed by atoms with Crippen molar-refractivity contribution in [2.24, 2.45) is 39.7 Å². The topological polar surface area (TPSA) is 67.8 Å². The summed E-state index contributed by atoms with van der Waals surface area (Å²) in [6, 6.07) is 0. The lowest BCUT2D eigenvalue weighted by Gasteiger charge is -2.58. The molecule has 6 heteroatoms. The van der Waals surface area contributed by atoms with Crippen molar-refractivity contribution in [1.82, 2.24) is 5.32 Å². The minimum Gasteiger partial charge on any atom is -0.391 e. The smallest absolute Gasteiger partial charge is 0.141 e. The Hall–Kier alpha value is -0.940. The van der Waals surface area contributed by atoms with E-state index in [1.54, 1.807) is 0 Å². The van der Waals surface area contributed by atoms with Gasteiger partial charge in [-0.2, -0.15) is 0 Å². The monoisotopic (exact) mass is 422 g/mol. The highest BCUT2D eigenvalue weighted by molar-refractivity contribution is 5.93. The van der Waals surface area contributed by atoms with Gasteiger partial charge in [0.05, 0.1) is 5.71 Å². The Bertz CT molecular complexity index is 719. The Kier molecular flexibility index (Phi) is 5.61. The fourth-order valence-corrected chi connectivity index (χ4v) is 7.57. The fraction of sp³-hybridized carbons (Fsp3) is 0.870. The van der Waals surface area contributed by atoms with Crippen LogP contribution in [0.3, 0.4) is 0 Å². The number of nitrogens with one attached hydrogen (secondary N) is 1. The second-order valence-electron chi connectivity index (χ2n) is 10.6. The number of carbonyl (C=O) groups excluding carboxylic acids is 2. The Balaban J connectivity index is 0.00000205. The molecule has 0 aromatic rings. The normalized spacial score (nSPS) is 47.9. The van der Waals surface area contributed by atoms with Crippen LogP contribution in [0.5, 0.6) is 0 Å². The highest BCUT2D eigenvalue weighted by Crippen LogP contribution is 2.64. The van der Waals surface area contributed by atoms with E-state index >= 15 is 0 Å². The number of fused-ring (bicyclic) bond motifs is 5. The van der Waals surface area contributed by atoms with Crippen LogP contribution in [0.25, 0.3) is 0 Å². The first-order valence-corrected chi connectivity index (χ1v) is 11.4. The molecule has 1 N–H and O–H groups in total. The van der Waals surface area contributed by atoms with Gasteiger partial charge in [0.15, 0.2) is 0 Å². The predicted octanol–water partition coefficient (Wildman–Crippen LogP) is 3.93. The number of ketones is 2. The molecule has 162 valence electrons. The van der Waals surface area contributed by atoms with Gasteiger partial charge in [0.25, 0.3) is 0 Å². The first-order chi connectivity index (χ1) is 13.4. The van der Waals surface area contributed by atoms with E-state index in [2.05, 4.69) is 24.3 Å². The Morgan fingerprint density at radius 1 is 1.03 bits per heavy atom. The van der Waals surface area contributed by atoms with E-state index in [1.165, 1.54) is 0 Å². The largest absolute Gasteiger partial charge is 0.391 e. The average molecular weight is 423 g/mol. The maximum absolute atomic E-state index is 13.3. The summed E-state index contributed by atoms with van der Waals surface area (Å²) < 4.78 is 0. The van der Waals surface area contributed by atoms with Crippen LogP contribution < -0.4 is 5.32 Å². The summed E-state index contributed by atoms with van der Waals surface area (Å²) in [5, 5.41) is 7.78. The summed E-state index contributed by atoms with van der Waals surface area (Å²) in [4.78, 5) is 31.6. The molecule has 4 aliphatic carbocycles. The second kappa shape index (κ2) is 7.64. The summed E-state index contributed by atoms with van der Waals surface area (Å²) in [6.45, 7) is 6.42. The standard InChI is InChI=1S/C23H34N2O3.ClH/c1-22-8-5-14(25-28-15-7-10-24-13-15)11-19(22)20(26)12-16-17-3-4-21(27)23(17,2)9-6-18(16)22;/h15-19,24H,3-13H2,1-2H3;1H/t15-,16-,17-,18-,19+,22+,23-;/m0./s1. The van der Waals surface area contributed by atoms with Gasteiger partial charge in [-0.15, -0.1) is 12.4 Å². The molecular formula is C23H35ClN2O3. The quantitative estimate of drug-likeness (QED) is 0.684. The zero-order valence-corrected chi connectivity index (χ0v) is 18.6.